The summed E-state index contributed by atoms with van der Waals surface area (Å²) >= 11 is 0. The van der Waals surface area contributed by atoms with Gasteiger partial charge >= 0.3 is 0 Å². The van der Waals surface area contributed by atoms with Gasteiger partial charge in [0.1, 0.15) is 5.69 Å². The summed E-state index contributed by atoms with van der Waals surface area (Å²) < 4.78 is 10.9. The van der Waals surface area contributed by atoms with Gasteiger partial charge in [-0.05, 0) is 12.8 Å². The smallest absolute Gasteiger partial charge is 0.290 e. The molecule has 7 heteroatoms. The number of nitrogens with zero attached hydrogens (tertiary/aromatic N) is 3. The van der Waals surface area contributed by atoms with Crippen LogP contribution in [-0.2, 0) is 0 Å². The molecule has 1 aromatic carbocycles. The van der Waals surface area contributed by atoms with Gasteiger partial charge in [0.05, 0.1) is 0 Å². The molecule has 1 saturated carbocycles. The molecule has 0 spiro atoms. The van der Waals surface area contributed by atoms with Gasteiger partial charge in [0.25, 0.3) is 5.91 Å². The third-order valence-corrected chi connectivity index (χ3v) is 4.58. The van der Waals surface area contributed by atoms with Gasteiger partial charge in [0, 0.05) is 29.5 Å². The molecule has 2 aromatic heterocycles. The van der Waals surface area contributed by atoms with Crippen LogP contribution in [0.2, 0.25) is 0 Å². The minimum Gasteiger partial charge on any atom is -0.425 e. The van der Waals surface area contributed by atoms with E-state index in [1.807, 2.05) is 44.2 Å². The maximum atomic E-state index is 12.3. The Hall–Kier alpha value is -2.96. The fourth-order valence-electron chi connectivity index (χ4n) is 2.97. The molecule has 0 bridgehead atoms. The summed E-state index contributed by atoms with van der Waals surface area (Å²) in [7, 11) is 0. The molecule has 26 heavy (non-hydrogen) atoms. The van der Waals surface area contributed by atoms with Crippen LogP contribution in [0, 0.1) is 0 Å². The van der Waals surface area contributed by atoms with Crippen LogP contribution in [0.3, 0.4) is 0 Å². The summed E-state index contributed by atoms with van der Waals surface area (Å²) in [5, 5.41) is 15.1. The molecule has 0 atom stereocenters. The third-order valence-electron chi connectivity index (χ3n) is 4.58. The van der Waals surface area contributed by atoms with Crippen molar-refractivity contribution in [2.45, 2.75) is 44.6 Å². The molecule has 1 aliphatic rings. The van der Waals surface area contributed by atoms with E-state index in [1.54, 1.807) is 6.07 Å². The summed E-state index contributed by atoms with van der Waals surface area (Å²) in [5.74, 6) is 1.70. The van der Waals surface area contributed by atoms with Gasteiger partial charge < -0.3 is 14.3 Å². The van der Waals surface area contributed by atoms with Crippen molar-refractivity contribution in [1.82, 2.24) is 20.7 Å². The van der Waals surface area contributed by atoms with Gasteiger partial charge in [-0.25, -0.2) is 0 Å². The molecule has 1 aliphatic carbocycles. The number of amides is 1. The minimum atomic E-state index is -0.253. The molecule has 0 radical (unpaired) electrons. The number of aromatic nitrogens is 3. The molecule has 1 N–H and O–H groups in total. The molecule has 1 amide bonds. The summed E-state index contributed by atoms with van der Waals surface area (Å²) in [6.45, 7) is 4.03. The molecular weight excluding hydrogens is 332 g/mol. The van der Waals surface area contributed by atoms with E-state index in [4.69, 9.17) is 8.94 Å². The van der Waals surface area contributed by atoms with Gasteiger partial charge in [-0.2, -0.15) is 0 Å². The Balaban J connectivity index is 1.33. The number of hydrogen-bond acceptors (Lipinski definition) is 6. The highest BCUT2D eigenvalue weighted by Crippen LogP contribution is 2.36. The number of benzene rings is 1. The molecule has 3 aromatic rings. The maximum absolute atomic E-state index is 12.3. The van der Waals surface area contributed by atoms with Gasteiger partial charge in [0.15, 0.2) is 0 Å². The van der Waals surface area contributed by atoms with E-state index in [1.165, 1.54) is 0 Å². The van der Waals surface area contributed by atoms with Crippen molar-refractivity contribution < 1.29 is 13.7 Å². The quantitative estimate of drug-likeness (QED) is 0.755. The number of carbonyl (C=O) groups is 1. The van der Waals surface area contributed by atoms with E-state index < -0.39 is 0 Å². The van der Waals surface area contributed by atoms with E-state index in [9.17, 15) is 4.79 Å². The van der Waals surface area contributed by atoms with E-state index in [-0.39, 0.29) is 29.5 Å². The lowest BCUT2D eigenvalue weighted by Crippen LogP contribution is -2.43. The first-order valence-electron chi connectivity index (χ1n) is 8.76. The number of nitrogens with one attached hydrogen (secondary N) is 1. The minimum absolute atomic E-state index is 0.0761. The zero-order valence-electron chi connectivity index (χ0n) is 14.7. The maximum Gasteiger partial charge on any atom is 0.290 e. The summed E-state index contributed by atoms with van der Waals surface area (Å²) in [6, 6.07) is 11.3. The standard InChI is InChI=1S/C19H20N4O3/c1-11(2)18-21-22-19(25-18)13-8-14(9-13)20-17(24)16-10-15(23-26-16)12-6-4-3-5-7-12/h3-7,10-11,13-14H,8-9H2,1-2H3,(H,20,24)/t13-,14-. The first-order valence-corrected chi connectivity index (χ1v) is 8.76. The highest BCUT2D eigenvalue weighted by atomic mass is 16.5. The van der Waals surface area contributed by atoms with E-state index in [0.29, 0.717) is 17.5 Å². The molecule has 7 nitrogen and oxygen atoms in total. The average Bonchev–Trinajstić information content (AvgIpc) is 3.28. The Kier molecular flexibility index (Phi) is 4.28. The normalized spacial score (nSPS) is 19.3. The largest absolute Gasteiger partial charge is 0.425 e. The predicted molar refractivity (Wildman–Crippen MR) is 93.6 cm³/mol. The second-order valence-corrected chi connectivity index (χ2v) is 6.91. The Bertz CT molecular complexity index is 894. The molecule has 2 heterocycles. The molecule has 1 fully saturated rings. The van der Waals surface area contributed by atoms with Gasteiger partial charge in [0.2, 0.25) is 17.5 Å². The van der Waals surface area contributed by atoms with Crippen LogP contribution in [0.15, 0.2) is 45.3 Å². The first kappa shape index (κ1) is 16.5. The van der Waals surface area contributed by atoms with Crippen LogP contribution < -0.4 is 5.32 Å². The van der Waals surface area contributed by atoms with Crippen LogP contribution in [0.5, 0.6) is 0 Å². The summed E-state index contributed by atoms with van der Waals surface area (Å²) in [6.07, 6.45) is 1.57. The predicted octanol–water partition coefficient (Wildman–Crippen LogP) is 3.52. The zero-order chi connectivity index (χ0) is 18.1. The summed E-state index contributed by atoms with van der Waals surface area (Å²) in [5.41, 5.74) is 1.56. The van der Waals surface area contributed by atoms with Gasteiger partial charge in [-0.1, -0.05) is 49.3 Å². The van der Waals surface area contributed by atoms with Crippen molar-refractivity contribution in [2.75, 3.05) is 0 Å². The number of hydrogen-bond donors (Lipinski definition) is 1. The van der Waals surface area contributed by atoms with Gasteiger partial charge in [-0.3, -0.25) is 4.79 Å². The van der Waals surface area contributed by atoms with Crippen molar-refractivity contribution in [3.8, 4) is 11.3 Å². The molecular formula is C19H20N4O3. The number of rotatable bonds is 5. The Morgan fingerprint density at radius 3 is 2.65 bits per heavy atom. The number of carbonyl (C=O) groups excluding carboxylic acids is 1. The Morgan fingerprint density at radius 2 is 1.96 bits per heavy atom. The van der Waals surface area contributed by atoms with Crippen LogP contribution in [-0.4, -0.2) is 27.3 Å². The van der Waals surface area contributed by atoms with Gasteiger partial charge in [-0.15, -0.1) is 10.2 Å². The molecule has 0 saturated heterocycles. The topological polar surface area (TPSA) is 94.1 Å². The molecule has 4 rings (SSSR count). The van der Waals surface area contributed by atoms with Crippen molar-refractivity contribution in [2.24, 2.45) is 0 Å². The molecule has 134 valence electrons. The molecule has 0 unspecified atom stereocenters. The van der Waals surface area contributed by atoms with Crippen molar-refractivity contribution in [3.63, 3.8) is 0 Å². The van der Waals surface area contributed by atoms with E-state index in [2.05, 4.69) is 20.7 Å². The SMILES string of the molecule is CC(C)c1nnc([C@H]2C[C@H](NC(=O)c3cc(-c4ccccc4)no3)C2)o1. The monoisotopic (exact) mass is 352 g/mol. The lowest BCUT2D eigenvalue weighted by atomic mass is 9.80. The Labute approximate surface area is 150 Å². The lowest BCUT2D eigenvalue weighted by Gasteiger charge is -2.33. The van der Waals surface area contributed by atoms with E-state index >= 15 is 0 Å². The lowest BCUT2D eigenvalue weighted by molar-refractivity contribution is 0.0865. The second-order valence-electron chi connectivity index (χ2n) is 6.91. The van der Waals surface area contributed by atoms with Crippen LogP contribution in [0.1, 0.15) is 60.9 Å². The fraction of sp³-hybridized carbons (Fsp3) is 0.368. The zero-order valence-corrected chi connectivity index (χ0v) is 14.7. The van der Waals surface area contributed by atoms with Crippen LogP contribution in [0.25, 0.3) is 11.3 Å². The molecule has 0 aliphatic heterocycles. The van der Waals surface area contributed by atoms with Crippen molar-refractivity contribution >= 4 is 5.91 Å². The van der Waals surface area contributed by atoms with Crippen molar-refractivity contribution in [3.05, 3.63) is 53.9 Å². The second kappa shape index (κ2) is 6.74. The average molecular weight is 352 g/mol. The fourth-order valence-corrected chi connectivity index (χ4v) is 2.97. The van der Waals surface area contributed by atoms with Crippen LogP contribution in [0.4, 0.5) is 0 Å². The highest BCUT2D eigenvalue weighted by molar-refractivity contribution is 5.92. The van der Waals surface area contributed by atoms with E-state index in [0.717, 1.165) is 18.4 Å². The third kappa shape index (κ3) is 3.24. The highest BCUT2D eigenvalue weighted by Gasteiger charge is 2.36. The summed E-state index contributed by atoms with van der Waals surface area (Å²) in [4.78, 5) is 12.3. The van der Waals surface area contributed by atoms with Crippen LogP contribution >= 0.6 is 0 Å². The van der Waals surface area contributed by atoms with Crippen molar-refractivity contribution in [1.29, 1.82) is 0 Å². The Morgan fingerprint density at radius 1 is 1.19 bits per heavy atom. The first-order chi connectivity index (χ1) is 12.6.